The minimum absolute atomic E-state index is 0.108. The molecule has 0 radical (unpaired) electrons. The van der Waals surface area contributed by atoms with Crippen molar-refractivity contribution >= 4 is 46.4 Å². The molecule has 0 spiro atoms. The van der Waals surface area contributed by atoms with Gasteiger partial charge in [-0.25, -0.2) is 0 Å². The second kappa shape index (κ2) is 12.2. The van der Waals surface area contributed by atoms with Gasteiger partial charge >= 0.3 is 0 Å². The van der Waals surface area contributed by atoms with Gasteiger partial charge in [0, 0.05) is 57.1 Å². The van der Waals surface area contributed by atoms with Gasteiger partial charge in [0.1, 0.15) is 5.69 Å². The number of carbonyl (C=O) groups is 1. The average molecular weight is 524 g/mol. The molecule has 9 nitrogen and oxygen atoms in total. The van der Waals surface area contributed by atoms with Crippen molar-refractivity contribution < 1.29 is 14.5 Å². The number of benzene rings is 2. The molecule has 2 aromatic rings. The minimum atomic E-state index is -0.331. The predicted molar refractivity (Wildman–Crippen MR) is 150 cm³/mol. The molecule has 2 aromatic carbocycles. The van der Waals surface area contributed by atoms with Crippen LogP contribution in [0.25, 0.3) is 6.08 Å². The van der Waals surface area contributed by atoms with E-state index in [-0.39, 0.29) is 16.5 Å². The van der Waals surface area contributed by atoms with Crippen molar-refractivity contribution in [3.8, 4) is 0 Å². The first-order valence-electron chi connectivity index (χ1n) is 12.6. The average Bonchev–Trinajstić information content (AvgIpc) is 2.92. The molecule has 0 bridgehead atoms. The number of nitro benzene ring substituents is 1. The van der Waals surface area contributed by atoms with Crippen LogP contribution in [0.2, 0.25) is 0 Å². The summed E-state index contributed by atoms with van der Waals surface area (Å²) in [6.07, 6.45) is 3.28. The zero-order valence-corrected chi connectivity index (χ0v) is 22.1. The minimum Gasteiger partial charge on any atom is -0.378 e. The lowest BCUT2D eigenvalue weighted by molar-refractivity contribution is -0.384. The van der Waals surface area contributed by atoms with Gasteiger partial charge in [0.15, 0.2) is 5.11 Å². The van der Waals surface area contributed by atoms with Crippen LogP contribution in [-0.2, 0) is 9.53 Å². The number of hydrogen-bond acceptors (Lipinski definition) is 7. The van der Waals surface area contributed by atoms with Crippen molar-refractivity contribution in [1.82, 2.24) is 10.2 Å². The monoisotopic (exact) mass is 523 g/mol. The van der Waals surface area contributed by atoms with Gasteiger partial charge in [-0.1, -0.05) is 38.1 Å². The number of hydrogen-bond donors (Lipinski definition) is 1. The van der Waals surface area contributed by atoms with E-state index in [9.17, 15) is 14.9 Å². The van der Waals surface area contributed by atoms with Gasteiger partial charge < -0.3 is 19.4 Å². The van der Waals surface area contributed by atoms with Gasteiger partial charge in [-0.15, -0.1) is 0 Å². The van der Waals surface area contributed by atoms with Crippen LogP contribution in [-0.4, -0.2) is 73.3 Å². The molecule has 0 unspecified atom stereocenters. The molecule has 2 heterocycles. The molecule has 0 aliphatic carbocycles. The Labute approximate surface area is 222 Å². The number of morpholine rings is 1. The standard InChI is InChI=1S/C27H33N5O4S/c1-20(2)22-6-3-21(4-7-22)5-10-26(33)28-27(37)31-13-11-29(12-14-31)23-8-9-24(32(34)35)25(19-23)30-15-17-36-18-16-30/h3-10,19-20H,11-18H2,1-2H3,(H,28,33,37). The highest BCUT2D eigenvalue weighted by Gasteiger charge is 2.25. The Hall–Kier alpha value is -3.50. The molecule has 2 fully saturated rings. The fourth-order valence-electron chi connectivity index (χ4n) is 4.48. The summed E-state index contributed by atoms with van der Waals surface area (Å²) in [5.41, 5.74) is 3.89. The van der Waals surface area contributed by atoms with Gasteiger partial charge in [0.2, 0.25) is 5.91 Å². The zero-order chi connectivity index (χ0) is 26.4. The second-order valence-electron chi connectivity index (χ2n) is 9.45. The van der Waals surface area contributed by atoms with E-state index in [2.05, 4.69) is 36.2 Å². The normalized spacial score (nSPS) is 16.4. The van der Waals surface area contributed by atoms with Crippen LogP contribution in [0, 0.1) is 10.1 Å². The third-order valence-corrected chi connectivity index (χ3v) is 7.06. The number of nitrogens with one attached hydrogen (secondary N) is 1. The molecule has 0 aromatic heterocycles. The van der Waals surface area contributed by atoms with Gasteiger partial charge in [-0.3, -0.25) is 20.2 Å². The molecule has 37 heavy (non-hydrogen) atoms. The molecule has 1 N–H and O–H groups in total. The lowest BCUT2D eigenvalue weighted by atomic mass is 10.0. The van der Waals surface area contributed by atoms with Crippen LogP contribution in [0.3, 0.4) is 0 Å². The van der Waals surface area contributed by atoms with Crippen molar-refractivity contribution in [3.05, 3.63) is 69.8 Å². The number of ether oxygens (including phenoxy) is 1. The van der Waals surface area contributed by atoms with Crippen molar-refractivity contribution in [2.75, 3.05) is 62.3 Å². The predicted octanol–water partition coefficient (Wildman–Crippen LogP) is 3.79. The third kappa shape index (κ3) is 6.84. The largest absolute Gasteiger partial charge is 0.378 e. The van der Waals surface area contributed by atoms with Gasteiger partial charge in [-0.2, -0.15) is 0 Å². The Morgan fingerprint density at radius 2 is 1.70 bits per heavy atom. The summed E-state index contributed by atoms with van der Waals surface area (Å²) in [6, 6.07) is 13.4. The van der Waals surface area contributed by atoms with Crippen LogP contribution < -0.4 is 15.1 Å². The molecule has 196 valence electrons. The number of thiocarbonyl (C=S) groups is 1. The van der Waals surface area contributed by atoms with Crippen molar-refractivity contribution in [2.24, 2.45) is 0 Å². The Balaban J connectivity index is 1.32. The number of nitrogens with zero attached hydrogens (tertiary/aromatic N) is 4. The molecular weight excluding hydrogens is 490 g/mol. The maximum absolute atomic E-state index is 12.4. The first-order valence-corrected chi connectivity index (χ1v) is 13.0. The van der Waals surface area contributed by atoms with Crippen LogP contribution >= 0.6 is 12.2 Å². The molecule has 1 amide bonds. The maximum Gasteiger partial charge on any atom is 0.292 e. The summed E-state index contributed by atoms with van der Waals surface area (Å²) >= 11 is 5.48. The molecule has 4 rings (SSSR count). The van der Waals surface area contributed by atoms with Crippen LogP contribution in [0.15, 0.2) is 48.5 Å². The zero-order valence-electron chi connectivity index (χ0n) is 21.3. The number of anilines is 2. The van der Waals surface area contributed by atoms with E-state index in [0.717, 1.165) is 11.3 Å². The van der Waals surface area contributed by atoms with E-state index in [1.165, 1.54) is 11.6 Å². The molecule has 2 aliphatic rings. The highest BCUT2D eigenvalue weighted by Crippen LogP contribution is 2.33. The number of nitro groups is 1. The highest BCUT2D eigenvalue weighted by atomic mass is 32.1. The van der Waals surface area contributed by atoms with Crippen LogP contribution in [0.4, 0.5) is 17.1 Å². The Morgan fingerprint density at radius 1 is 1.03 bits per heavy atom. The fourth-order valence-corrected chi connectivity index (χ4v) is 4.76. The van der Waals surface area contributed by atoms with E-state index in [4.69, 9.17) is 17.0 Å². The van der Waals surface area contributed by atoms with Crippen molar-refractivity contribution in [1.29, 1.82) is 0 Å². The van der Waals surface area contributed by atoms with Gasteiger partial charge in [0.25, 0.3) is 5.69 Å². The van der Waals surface area contributed by atoms with Crippen LogP contribution in [0.1, 0.15) is 30.9 Å². The number of rotatable bonds is 6. The van der Waals surface area contributed by atoms with Gasteiger partial charge in [0.05, 0.1) is 18.1 Å². The lowest BCUT2D eigenvalue weighted by Crippen LogP contribution is -2.52. The second-order valence-corrected chi connectivity index (χ2v) is 9.84. The number of piperazine rings is 1. The quantitative estimate of drug-likeness (QED) is 0.265. The summed E-state index contributed by atoms with van der Waals surface area (Å²) < 4.78 is 5.41. The molecule has 0 saturated carbocycles. The number of carbonyl (C=O) groups excluding carboxylic acids is 1. The van der Waals surface area contributed by atoms with E-state index >= 15 is 0 Å². The third-order valence-electron chi connectivity index (χ3n) is 6.70. The van der Waals surface area contributed by atoms with Gasteiger partial charge in [-0.05, 0) is 47.5 Å². The summed E-state index contributed by atoms with van der Waals surface area (Å²) in [4.78, 5) is 29.9. The van der Waals surface area contributed by atoms with Crippen molar-refractivity contribution in [2.45, 2.75) is 19.8 Å². The first-order chi connectivity index (χ1) is 17.8. The SMILES string of the molecule is CC(C)c1ccc(C=CC(=O)NC(=S)N2CCN(c3ccc([N+](=O)[O-])c(N4CCOCC4)c3)CC2)cc1. The summed E-state index contributed by atoms with van der Waals surface area (Å²) in [5.74, 6) is 0.206. The maximum atomic E-state index is 12.4. The molecule has 0 atom stereocenters. The topological polar surface area (TPSA) is 91.2 Å². The van der Waals surface area contributed by atoms with Crippen LogP contribution in [0.5, 0.6) is 0 Å². The Morgan fingerprint density at radius 3 is 2.32 bits per heavy atom. The fraction of sp³-hybridized carbons (Fsp3) is 0.407. The highest BCUT2D eigenvalue weighted by molar-refractivity contribution is 7.80. The molecule has 2 aliphatic heterocycles. The Bertz CT molecular complexity index is 1150. The summed E-state index contributed by atoms with van der Waals surface area (Å²) in [7, 11) is 0. The van der Waals surface area contributed by atoms with E-state index < -0.39 is 0 Å². The molecule has 2 saturated heterocycles. The van der Waals surface area contributed by atoms with E-state index in [1.807, 2.05) is 28.0 Å². The van der Waals surface area contributed by atoms with E-state index in [0.29, 0.717) is 69.2 Å². The molecule has 10 heteroatoms. The summed E-state index contributed by atoms with van der Waals surface area (Å²) in [5, 5.41) is 14.8. The number of amides is 1. The smallest absolute Gasteiger partial charge is 0.292 e. The molecular formula is C27H33N5O4S. The van der Waals surface area contributed by atoms with Crippen molar-refractivity contribution in [3.63, 3.8) is 0 Å². The summed E-state index contributed by atoms with van der Waals surface area (Å²) in [6.45, 7) is 9.33. The lowest BCUT2D eigenvalue weighted by Gasteiger charge is -2.37. The first kappa shape index (κ1) is 26.6. The Kier molecular flexibility index (Phi) is 8.73. The van der Waals surface area contributed by atoms with E-state index in [1.54, 1.807) is 18.2 Å².